The van der Waals surface area contributed by atoms with Gasteiger partial charge < -0.3 is 4.90 Å². The van der Waals surface area contributed by atoms with E-state index in [-0.39, 0.29) is 6.17 Å². The van der Waals surface area contributed by atoms with Crippen LogP contribution < -0.4 is 0 Å². The van der Waals surface area contributed by atoms with Gasteiger partial charge in [-0.2, -0.15) is 5.11 Å². The maximum atomic E-state index is 4.95. The zero-order valence-electron chi connectivity index (χ0n) is 6.24. The average molecular weight is 157 g/mol. The molecular formula is C6H11N3S. The van der Waals surface area contributed by atoms with E-state index in [4.69, 9.17) is 12.2 Å². The number of azo groups is 1. The van der Waals surface area contributed by atoms with Crippen molar-refractivity contribution in [1.82, 2.24) is 4.90 Å². The highest BCUT2D eigenvalue weighted by Gasteiger charge is 2.22. The third-order valence-corrected chi connectivity index (χ3v) is 1.90. The van der Waals surface area contributed by atoms with Gasteiger partial charge in [-0.15, -0.1) is 5.11 Å². The smallest absolute Gasteiger partial charge is 0.217 e. The molecule has 0 fully saturated rings. The SMILES string of the molecule is CCC1N=NC(=S)N1CC. The summed E-state index contributed by atoms with van der Waals surface area (Å²) in [5.41, 5.74) is 0. The fourth-order valence-electron chi connectivity index (χ4n) is 1.01. The van der Waals surface area contributed by atoms with E-state index in [9.17, 15) is 0 Å². The Balaban J connectivity index is 2.62. The highest BCUT2D eigenvalue weighted by Crippen LogP contribution is 2.14. The van der Waals surface area contributed by atoms with Gasteiger partial charge in [-0.25, -0.2) is 0 Å². The highest BCUT2D eigenvalue weighted by molar-refractivity contribution is 7.80. The van der Waals surface area contributed by atoms with Crippen molar-refractivity contribution < 1.29 is 0 Å². The Kier molecular flexibility index (Phi) is 2.32. The van der Waals surface area contributed by atoms with Crippen LogP contribution in [0.4, 0.5) is 0 Å². The summed E-state index contributed by atoms with van der Waals surface area (Å²) in [6, 6.07) is 0. The van der Waals surface area contributed by atoms with Gasteiger partial charge in [0, 0.05) is 6.54 Å². The Morgan fingerprint density at radius 3 is 2.70 bits per heavy atom. The number of thiocarbonyl (C=S) groups is 1. The summed E-state index contributed by atoms with van der Waals surface area (Å²) in [4.78, 5) is 2.02. The summed E-state index contributed by atoms with van der Waals surface area (Å²) in [6.45, 7) is 5.05. The van der Waals surface area contributed by atoms with Gasteiger partial charge in [-0.3, -0.25) is 0 Å². The van der Waals surface area contributed by atoms with Crippen LogP contribution in [0.2, 0.25) is 0 Å². The molecule has 0 amide bonds. The molecule has 10 heavy (non-hydrogen) atoms. The fraction of sp³-hybridized carbons (Fsp3) is 0.833. The minimum Gasteiger partial charge on any atom is -0.323 e. The second-order valence-corrected chi connectivity index (χ2v) is 2.54. The first-order valence-electron chi connectivity index (χ1n) is 3.51. The van der Waals surface area contributed by atoms with Crippen LogP contribution in [-0.2, 0) is 0 Å². The monoisotopic (exact) mass is 157 g/mol. The quantitative estimate of drug-likeness (QED) is 0.572. The van der Waals surface area contributed by atoms with Crippen molar-refractivity contribution in [3.05, 3.63) is 0 Å². The van der Waals surface area contributed by atoms with E-state index in [0.717, 1.165) is 13.0 Å². The average Bonchev–Trinajstić information content (AvgIpc) is 2.30. The molecule has 1 heterocycles. The van der Waals surface area contributed by atoms with E-state index in [0.29, 0.717) is 5.11 Å². The molecule has 56 valence electrons. The summed E-state index contributed by atoms with van der Waals surface area (Å²) in [5.74, 6) is 0. The van der Waals surface area contributed by atoms with Crippen LogP contribution in [-0.4, -0.2) is 22.7 Å². The molecule has 1 aliphatic heterocycles. The van der Waals surface area contributed by atoms with Crippen LogP contribution in [0, 0.1) is 0 Å². The molecule has 0 aliphatic carbocycles. The lowest BCUT2D eigenvalue weighted by Gasteiger charge is -2.18. The third-order valence-electron chi connectivity index (χ3n) is 1.59. The van der Waals surface area contributed by atoms with Gasteiger partial charge in [-0.05, 0) is 25.6 Å². The van der Waals surface area contributed by atoms with Gasteiger partial charge in [0.05, 0.1) is 0 Å². The lowest BCUT2D eigenvalue weighted by molar-refractivity contribution is 0.346. The van der Waals surface area contributed by atoms with Gasteiger partial charge in [0.1, 0.15) is 6.17 Å². The minimum absolute atomic E-state index is 0.206. The standard InChI is InChI=1S/C6H11N3S/c1-3-5-7-8-6(10)9(5)4-2/h5H,3-4H2,1-2H3. The van der Waals surface area contributed by atoms with Crippen LogP contribution in [0.5, 0.6) is 0 Å². The summed E-state index contributed by atoms with van der Waals surface area (Å²) in [7, 11) is 0. The Morgan fingerprint density at radius 1 is 1.60 bits per heavy atom. The Morgan fingerprint density at radius 2 is 2.30 bits per heavy atom. The molecule has 4 heteroatoms. The third kappa shape index (κ3) is 1.16. The van der Waals surface area contributed by atoms with E-state index in [1.165, 1.54) is 0 Å². The lowest BCUT2D eigenvalue weighted by atomic mass is 10.3. The fourth-order valence-corrected chi connectivity index (χ4v) is 1.31. The van der Waals surface area contributed by atoms with Gasteiger partial charge in [-0.1, -0.05) is 6.92 Å². The Hall–Kier alpha value is -0.510. The van der Waals surface area contributed by atoms with E-state index >= 15 is 0 Å². The molecule has 1 aliphatic rings. The molecule has 1 atom stereocenters. The zero-order chi connectivity index (χ0) is 7.56. The van der Waals surface area contributed by atoms with Crippen molar-refractivity contribution in [3.8, 4) is 0 Å². The van der Waals surface area contributed by atoms with Gasteiger partial charge >= 0.3 is 0 Å². The first-order chi connectivity index (χ1) is 4.79. The van der Waals surface area contributed by atoms with Crippen molar-refractivity contribution >= 4 is 17.3 Å². The first kappa shape index (κ1) is 7.60. The van der Waals surface area contributed by atoms with Crippen molar-refractivity contribution in [3.63, 3.8) is 0 Å². The van der Waals surface area contributed by atoms with E-state index in [1.807, 2.05) is 4.90 Å². The maximum Gasteiger partial charge on any atom is 0.217 e. The summed E-state index contributed by atoms with van der Waals surface area (Å²) in [6.07, 6.45) is 1.19. The molecule has 1 rings (SSSR count). The maximum absolute atomic E-state index is 4.95. The lowest BCUT2D eigenvalue weighted by Crippen LogP contribution is -2.31. The molecular weight excluding hydrogens is 146 g/mol. The summed E-state index contributed by atoms with van der Waals surface area (Å²) in [5, 5.41) is 8.45. The predicted molar refractivity (Wildman–Crippen MR) is 43.9 cm³/mol. The van der Waals surface area contributed by atoms with Crippen molar-refractivity contribution in [2.45, 2.75) is 26.4 Å². The van der Waals surface area contributed by atoms with Crippen LogP contribution in [0.1, 0.15) is 20.3 Å². The molecule has 0 radical (unpaired) electrons. The molecule has 3 nitrogen and oxygen atoms in total. The van der Waals surface area contributed by atoms with Gasteiger partial charge in [0.15, 0.2) is 0 Å². The van der Waals surface area contributed by atoms with Crippen LogP contribution in [0.3, 0.4) is 0 Å². The van der Waals surface area contributed by atoms with E-state index in [1.54, 1.807) is 0 Å². The molecule has 0 aromatic carbocycles. The van der Waals surface area contributed by atoms with Crippen molar-refractivity contribution in [1.29, 1.82) is 0 Å². The molecule has 0 aromatic rings. The van der Waals surface area contributed by atoms with Crippen LogP contribution in [0.25, 0.3) is 0 Å². The first-order valence-corrected chi connectivity index (χ1v) is 3.91. The Bertz CT molecular complexity index is 166. The van der Waals surface area contributed by atoms with Crippen LogP contribution in [0.15, 0.2) is 10.2 Å². The van der Waals surface area contributed by atoms with Crippen LogP contribution >= 0.6 is 12.2 Å². The highest BCUT2D eigenvalue weighted by atomic mass is 32.1. The zero-order valence-corrected chi connectivity index (χ0v) is 7.06. The number of nitrogens with zero attached hydrogens (tertiary/aromatic N) is 3. The van der Waals surface area contributed by atoms with Crippen molar-refractivity contribution in [2.24, 2.45) is 10.2 Å². The van der Waals surface area contributed by atoms with E-state index < -0.39 is 0 Å². The minimum atomic E-state index is 0.206. The molecule has 0 N–H and O–H groups in total. The van der Waals surface area contributed by atoms with Gasteiger partial charge in [0.2, 0.25) is 5.11 Å². The molecule has 1 unspecified atom stereocenters. The molecule has 0 spiro atoms. The molecule has 0 aromatic heterocycles. The number of hydrogen-bond donors (Lipinski definition) is 0. The van der Waals surface area contributed by atoms with Crippen molar-refractivity contribution in [2.75, 3.05) is 6.54 Å². The Labute approximate surface area is 66.1 Å². The normalized spacial score (nSPS) is 24.4. The molecule has 0 saturated heterocycles. The molecule has 0 saturated carbocycles. The number of rotatable bonds is 2. The molecule has 0 bridgehead atoms. The topological polar surface area (TPSA) is 28.0 Å². The van der Waals surface area contributed by atoms with E-state index in [2.05, 4.69) is 24.1 Å². The van der Waals surface area contributed by atoms with Gasteiger partial charge in [0.25, 0.3) is 0 Å². The number of hydrogen-bond acceptors (Lipinski definition) is 2. The second kappa shape index (κ2) is 3.05. The predicted octanol–water partition coefficient (Wildman–Crippen LogP) is 1.80. The summed E-state index contributed by atoms with van der Waals surface area (Å²) < 4.78 is 0. The largest absolute Gasteiger partial charge is 0.323 e. The summed E-state index contributed by atoms with van der Waals surface area (Å²) >= 11 is 4.95. The second-order valence-electron chi connectivity index (χ2n) is 2.17.